The second-order valence-corrected chi connectivity index (χ2v) is 8.46. The standard InChI is InChI=1S/C28H31N3O6/c1-4-13-30(28(35)29-15-26(33)36-5-2)18-25(32)31(16-21-9-7-6-8-10-21)17-22-19-37-24-12-11-20(3)14-23(24)27(22)34/h4,6-12,14,19H,1,5,13,15-18H2,2-3H3,(H,29,35). The number of aryl methyl sites for hydroxylation is 1. The van der Waals surface area contributed by atoms with Gasteiger partial charge in [0.25, 0.3) is 0 Å². The molecule has 1 heterocycles. The zero-order valence-electron chi connectivity index (χ0n) is 21.1. The second-order valence-electron chi connectivity index (χ2n) is 8.46. The van der Waals surface area contributed by atoms with Crippen LogP contribution < -0.4 is 10.7 Å². The Kier molecular flexibility index (Phi) is 9.60. The van der Waals surface area contributed by atoms with Gasteiger partial charge in [0.15, 0.2) is 5.43 Å². The number of fused-ring (bicyclic) bond motifs is 1. The van der Waals surface area contributed by atoms with Crippen molar-refractivity contribution in [2.24, 2.45) is 0 Å². The van der Waals surface area contributed by atoms with Crippen LogP contribution >= 0.6 is 0 Å². The third-order valence-electron chi connectivity index (χ3n) is 5.58. The largest absolute Gasteiger partial charge is 0.465 e. The van der Waals surface area contributed by atoms with Crippen molar-refractivity contribution >= 4 is 28.9 Å². The Morgan fingerprint density at radius 2 is 1.84 bits per heavy atom. The van der Waals surface area contributed by atoms with Gasteiger partial charge in [-0.15, -0.1) is 6.58 Å². The van der Waals surface area contributed by atoms with E-state index in [1.807, 2.05) is 43.3 Å². The maximum Gasteiger partial charge on any atom is 0.325 e. The highest BCUT2D eigenvalue weighted by molar-refractivity contribution is 5.86. The molecule has 0 spiro atoms. The van der Waals surface area contributed by atoms with Gasteiger partial charge < -0.3 is 24.3 Å². The van der Waals surface area contributed by atoms with Crippen LogP contribution in [0.25, 0.3) is 11.0 Å². The molecule has 0 bridgehead atoms. The lowest BCUT2D eigenvalue weighted by molar-refractivity contribution is -0.141. The molecule has 0 aliphatic rings. The minimum Gasteiger partial charge on any atom is -0.465 e. The van der Waals surface area contributed by atoms with Gasteiger partial charge in [0.1, 0.15) is 18.7 Å². The summed E-state index contributed by atoms with van der Waals surface area (Å²) in [6.07, 6.45) is 2.86. The van der Waals surface area contributed by atoms with Crippen LogP contribution in [0.1, 0.15) is 23.6 Å². The Labute approximate surface area is 215 Å². The zero-order chi connectivity index (χ0) is 26.8. The maximum absolute atomic E-state index is 13.5. The topological polar surface area (TPSA) is 109 Å². The third-order valence-corrected chi connectivity index (χ3v) is 5.58. The van der Waals surface area contributed by atoms with E-state index in [-0.39, 0.29) is 50.7 Å². The predicted octanol–water partition coefficient (Wildman–Crippen LogP) is 3.39. The SMILES string of the molecule is C=CCN(CC(=O)N(Cc1ccccc1)Cc1coc2ccc(C)cc2c1=O)C(=O)NCC(=O)OCC. The van der Waals surface area contributed by atoms with Crippen molar-refractivity contribution in [2.45, 2.75) is 26.9 Å². The minimum atomic E-state index is -0.610. The number of rotatable bonds is 11. The van der Waals surface area contributed by atoms with Crippen molar-refractivity contribution in [2.75, 3.05) is 26.2 Å². The molecule has 0 fully saturated rings. The van der Waals surface area contributed by atoms with E-state index in [0.29, 0.717) is 16.5 Å². The number of hydrogen-bond acceptors (Lipinski definition) is 6. The Balaban J connectivity index is 1.84. The van der Waals surface area contributed by atoms with Crippen molar-refractivity contribution in [1.82, 2.24) is 15.1 Å². The number of esters is 1. The van der Waals surface area contributed by atoms with E-state index in [0.717, 1.165) is 11.1 Å². The number of benzene rings is 2. The van der Waals surface area contributed by atoms with Gasteiger partial charge in [-0.3, -0.25) is 14.4 Å². The Morgan fingerprint density at radius 1 is 1.08 bits per heavy atom. The fourth-order valence-corrected chi connectivity index (χ4v) is 3.75. The number of nitrogens with zero attached hydrogens (tertiary/aromatic N) is 2. The second kappa shape index (κ2) is 13.1. The third kappa shape index (κ3) is 7.54. The molecule has 0 unspecified atom stereocenters. The summed E-state index contributed by atoms with van der Waals surface area (Å²) in [5.74, 6) is -0.967. The molecule has 1 N–H and O–H groups in total. The Bertz CT molecular complexity index is 1320. The molecule has 3 amide bonds. The average molecular weight is 506 g/mol. The lowest BCUT2D eigenvalue weighted by Gasteiger charge is -2.27. The molecule has 3 rings (SSSR count). The number of hydrogen-bond donors (Lipinski definition) is 1. The zero-order valence-corrected chi connectivity index (χ0v) is 21.1. The molecule has 194 valence electrons. The highest BCUT2D eigenvalue weighted by atomic mass is 16.5. The van der Waals surface area contributed by atoms with E-state index in [4.69, 9.17) is 9.15 Å². The van der Waals surface area contributed by atoms with Gasteiger partial charge in [0, 0.05) is 13.1 Å². The number of nitrogens with one attached hydrogen (secondary N) is 1. The van der Waals surface area contributed by atoms with E-state index in [2.05, 4.69) is 11.9 Å². The van der Waals surface area contributed by atoms with Gasteiger partial charge in [-0.1, -0.05) is 48.0 Å². The van der Waals surface area contributed by atoms with Crippen LogP contribution in [0.15, 0.2) is 76.7 Å². The first kappa shape index (κ1) is 27.2. The lowest BCUT2D eigenvalue weighted by Crippen LogP contribution is -2.47. The number of ether oxygens (including phenoxy) is 1. The fraction of sp³-hybridized carbons (Fsp3) is 0.286. The lowest BCUT2D eigenvalue weighted by atomic mass is 10.1. The Morgan fingerprint density at radius 3 is 2.54 bits per heavy atom. The normalized spacial score (nSPS) is 10.5. The molecular weight excluding hydrogens is 474 g/mol. The fourth-order valence-electron chi connectivity index (χ4n) is 3.75. The Hall–Kier alpha value is -4.40. The molecule has 0 aliphatic carbocycles. The molecular formula is C28H31N3O6. The number of urea groups is 1. The predicted molar refractivity (Wildman–Crippen MR) is 140 cm³/mol. The van der Waals surface area contributed by atoms with Crippen molar-refractivity contribution in [1.29, 1.82) is 0 Å². The van der Waals surface area contributed by atoms with Crippen molar-refractivity contribution in [3.05, 3.63) is 94.4 Å². The van der Waals surface area contributed by atoms with Gasteiger partial charge in [-0.2, -0.15) is 0 Å². The number of carbonyl (C=O) groups excluding carboxylic acids is 3. The van der Waals surface area contributed by atoms with Crippen LogP contribution in [0.2, 0.25) is 0 Å². The summed E-state index contributed by atoms with van der Waals surface area (Å²) in [6.45, 7) is 7.09. The molecule has 3 aromatic rings. The first-order chi connectivity index (χ1) is 17.8. The van der Waals surface area contributed by atoms with Crippen LogP contribution in [-0.2, 0) is 27.4 Å². The molecule has 9 heteroatoms. The van der Waals surface area contributed by atoms with E-state index in [9.17, 15) is 19.2 Å². The van der Waals surface area contributed by atoms with Crippen molar-refractivity contribution < 1.29 is 23.5 Å². The van der Waals surface area contributed by atoms with E-state index >= 15 is 0 Å². The van der Waals surface area contributed by atoms with Gasteiger partial charge in [0.2, 0.25) is 5.91 Å². The highest BCUT2D eigenvalue weighted by Gasteiger charge is 2.23. The quantitative estimate of drug-likeness (QED) is 0.316. The summed E-state index contributed by atoms with van der Waals surface area (Å²) in [4.78, 5) is 53.7. The first-order valence-corrected chi connectivity index (χ1v) is 11.9. The van der Waals surface area contributed by atoms with E-state index < -0.39 is 12.0 Å². The van der Waals surface area contributed by atoms with Crippen LogP contribution in [0.3, 0.4) is 0 Å². The van der Waals surface area contributed by atoms with Crippen LogP contribution in [0.4, 0.5) is 4.79 Å². The highest BCUT2D eigenvalue weighted by Crippen LogP contribution is 2.16. The molecule has 9 nitrogen and oxygen atoms in total. The average Bonchev–Trinajstić information content (AvgIpc) is 2.89. The van der Waals surface area contributed by atoms with E-state index in [1.165, 1.54) is 22.1 Å². The molecule has 0 aliphatic heterocycles. The van der Waals surface area contributed by atoms with Gasteiger partial charge in [-0.25, -0.2) is 4.79 Å². The summed E-state index contributed by atoms with van der Waals surface area (Å²) >= 11 is 0. The minimum absolute atomic E-state index is 0.00762. The number of amides is 3. The van der Waals surface area contributed by atoms with Gasteiger partial charge >= 0.3 is 12.0 Å². The maximum atomic E-state index is 13.5. The molecule has 1 aromatic heterocycles. The molecule has 0 atom stereocenters. The summed E-state index contributed by atoms with van der Waals surface area (Å²) in [5.41, 5.74) is 2.35. The molecule has 0 saturated heterocycles. The van der Waals surface area contributed by atoms with Crippen LogP contribution in [0, 0.1) is 6.92 Å². The van der Waals surface area contributed by atoms with E-state index in [1.54, 1.807) is 19.1 Å². The van der Waals surface area contributed by atoms with Gasteiger partial charge in [0.05, 0.1) is 30.4 Å². The molecule has 0 radical (unpaired) electrons. The summed E-state index contributed by atoms with van der Waals surface area (Å²) < 4.78 is 10.5. The van der Waals surface area contributed by atoms with Gasteiger partial charge in [-0.05, 0) is 31.5 Å². The molecule has 2 aromatic carbocycles. The molecule has 0 saturated carbocycles. The summed E-state index contributed by atoms with van der Waals surface area (Å²) in [5, 5.41) is 2.90. The smallest absolute Gasteiger partial charge is 0.325 e. The van der Waals surface area contributed by atoms with Crippen molar-refractivity contribution in [3.8, 4) is 0 Å². The monoisotopic (exact) mass is 505 g/mol. The molecule has 37 heavy (non-hydrogen) atoms. The number of carbonyl (C=O) groups is 3. The first-order valence-electron chi connectivity index (χ1n) is 11.9. The van der Waals surface area contributed by atoms with Crippen molar-refractivity contribution in [3.63, 3.8) is 0 Å². The van der Waals surface area contributed by atoms with Crippen LogP contribution in [0.5, 0.6) is 0 Å². The summed E-state index contributed by atoms with van der Waals surface area (Å²) in [7, 11) is 0. The van der Waals surface area contributed by atoms with Crippen LogP contribution in [-0.4, -0.2) is 53.9 Å². The summed E-state index contributed by atoms with van der Waals surface area (Å²) in [6, 6.07) is 14.1.